The van der Waals surface area contributed by atoms with Crippen LogP contribution in [0.25, 0.3) is 0 Å². The molecule has 0 saturated carbocycles. The van der Waals surface area contributed by atoms with Crippen molar-refractivity contribution in [3.8, 4) is 0 Å². The Kier molecular flexibility index (Phi) is 4.13. The first-order chi connectivity index (χ1) is 7.52. The SMILES string of the molecule is C[C](C(N)=O)C(=O)NC(=S)c1ccccc1. The van der Waals surface area contributed by atoms with Crippen LogP contribution in [0.3, 0.4) is 0 Å². The highest BCUT2D eigenvalue weighted by Crippen LogP contribution is 2.02. The highest BCUT2D eigenvalue weighted by molar-refractivity contribution is 7.80. The van der Waals surface area contributed by atoms with Gasteiger partial charge in [0.15, 0.2) is 0 Å². The maximum absolute atomic E-state index is 11.4. The van der Waals surface area contributed by atoms with Crippen molar-refractivity contribution in [2.75, 3.05) is 0 Å². The van der Waals surface area contributed by atoms with Gasteiger partial charge < -0.3 is 11.1 Å². The molecule has 1 aromatic carbocycles. The van der Waals surface area contributed by atoms with Gasteiger partial charge in [-0.15, -0.1) is 0 Å². The lowest BCUT2D eigenvalue weighted by atomic mass is 10.1. The van der Waals surface area contributed by atoms with Crippen LogP contribution in [0.1, 0.15) is 12.5 Å². The minimum absolute atomic E-state index is 0.0710. The normalized spacial score (nSPS) is 9.88. The molecule has 0 aromatic heterocycles. The summed E-state index contributed by atoms with van der Waals surface area (Å²) in [6.07, 6.45) is 0. The molecule has 0 aliphatic heterocycles. The summed E-state index contributed by atoms with van der Waals surface area (Å²) < 4.78 is 0. The summed E-state index contributed by atoms with van der Waals surface area (Å²) in [5.74, 6) is -1.40. The van der Waals surface area contributed by atoms with Gasteiger partial charge >= 0.3 is 0 Å². The molecule has 0 heterocycles. The quantitative estimate of drug-likeness (QED) is 0.594. The fourth-order valence-corrected chi connectivity index (χ4v) is 1.20. The Morgan fingerprint density at radius 2 is 1.81 bits per heavy atom. The van der Waals surface area contributed by atoms with Crippen molar-refractivity contribution < 1.29 is 9.59 Å². The van der Waals surface area contributed by atoms with Gasteiger partial charge in [0.1, 0.15) is 10.9 Å². The van der Waals surface area contributed by atoms with Crippen molar-refractivity contribution in [2.45, 2.75) is 6.92 Å². The lowest BCUT2D eigenvalue weighted by Gasteiger charge is -2.09. The molecule has 1 radical (unpaired) electrons. The van der Waals surface area contributed by atoms with Crippen molar-refractivity contribution in [2.24, 2.45) is 5.73 Å². The molecule has 0 aliphatic rings. The number of nitrogens with two attached hydrogens (primary N) is 1. The van der Waals surface area contributed by atoms with E-state index in [0.29, 0.717) is 5.56 Å². The van der Waals surface area contributed by atoms with Gasteiger partial charge in [-0.3, -0.25) is 9.59 Å². The molecule has 16 heavy (non-hydrogen) atoms. The van der Waals surface area contributed by atoms with Crippen LogP contribution in [-0.4, -0.2) is 16.8 Å². The van der Waals surface area contributed by atoms with Crippen LogP contribution in [0.15, 0.2) is 30.3 Å². The van der Waals surface area contributed by atoms with Crippen LogP contribution >= 0.6 is 12.2 Å². The van der Waals surface area contributed by atoms with Gasteiger partial charge in [0.25, 0.3) is 0 Å². The van der Waals surface area contributed by atoms with E-state index in [2.05, 4.69) is 5.32 Å². The number of rotatable bonds is 3. The van der Waals surface area contributed by atoms with E-state index < -0.39 is 11.8 Å². The molecule has 0 bridgehead atoms. The second kappa shape index (κ2) is 5.37. The predicted molar refractivity (Wildman–Crippen MR) is 64.4 cm³/mol. The van der Waals surface area contributed by atoms with Crippen LogP contribution in [0, 0.1) is 5.92 Å². The van der Waals surface area contributed by atoms with Crippen LogP contribution in [-0.2, 0) is 9.59 Å². The van der Waals surface area contributed by atoms with Gasteiger partial charge in [-0.05, 0) is 6.92 Å². The van der Waals surface area contributed by atoms with E-state index in [1.807, 2.05) is 6.07 Å². The van der Waals surface area contributed by atoms with E-state index in [1.54, 1.807) is 24.3 Å². The fraction of sp³-hybridized carbons (Fsp3) is 0.0909. The molecule has 1 aromatic rings. The molecular weight excluding hydrogens is 224 g/mol. The largest absolute Gasteiger partial charge is 0.369 e. The van der Waals surface area contributed by atoms with E-state index in [-0.39, 0.29) is 10.9 Å². The molecule has 0 unspecified atom stereocenters. The Bertz CT molecular complexity index is 417. The highest BCUT2D eigenvalue weighted by Gasteiger charge is 2.20. The maximum atomic E-state index is 11.4. The summed E-state index contributed by atoms with van der Waals surface area (Å²) in [5, 5.41) is 2.43. The highest BCUT2D eigenvalue weighted by atomic mass is 32.1. The summed E-state index contributed by atoms with van der Waals surface area (Å²) >= 11 is 5.01. The number of hydrogen-bond donors (Lipinski definition) is 2. The number of primary amides is 1. The van der Waals surface area contributed by atoms with Gasteiger partial charge in [0.2, 0.25) is 11.8 Å². The smallest absolute Gasteiger partial charge is 0.242 e. The van der Waals surface area contributed by atoms with E-state index in [4.69, 9.17) is 18.0 Å². The van der Waals surface area contributed by atoms with Crippen molar-refractivity contribution in [3.63, 3.8) is 0 Å². The third-order valence-electron chi connectivity index (χ3n) is 1.97. The standard InChI is InChI=1S/C11H11N2O2S/c1-7(9(12)14)10(15)13-11(16)8-5-3-2-4-6-8/h2-6H,1H3,(H2,12,14)(H,13,15,16). The molecule has 0 fully saturated rings. The van der Waals surface area contributed by atoms with Crippen molar-refractivity contribution in [3.05, 3.63) is 41.8 Å². The topological polar surface area (TPSA) is 72.2 Å². The van der Waals surface area contributed by atoms with Crippen molar-refractivity contribution in [1.82, 2.24) is 5.32 Å². The fourth-order valence-electron chi connectivity index (χ4n) is 0.970. The number of nitrogens with one attached hydrogen (secondary N) is 1. The molecule has 0 saturated heterocycles. The molecular formula is C11H11N2O2S. The maximum Gasteiger partial charge on any atom is 0.242 e. The third-order valence-corrected chi connectivity index (χ3v) is 2.31. The number of carbonyl (C=O) groups excluding carboxylic acids is 2. The summed E-state index contributed by atoms with van der Waals surface area (Å²) in [6.45, 7) is 1.35. The zero-order valence-corrected chi connectivity index (χ0v) is 9.51. The van der Waals surface area contributed by atoms with Crippen LogP contribution in [0.4, 0.5) is 0 Å². The van der Waals surface area contributed by atoms with Gasteiger partial charge in [-0.2, -0.15) is 0 Å². The minimum Gasteiger partial charge on any atom is -0.369 e. The zero-order chi connectivity index (χ0) is 12.1. The predicted octanol–water partition coefficient (Wildman–Crippen LogP) is 0.558. The van der Waals surface area contributed by atoms with Gasteiger partial charge in [-0.1, -0.05) is 42.5 Å². The van der Waals surface area contributed by atoms with E-state index in [0.717, 1.165) is 0 Å². The Morgan fingerprint density at radius 3 is 2.31 bits per heavy atom. The Hall–Kier alpha value is -1.75. The summed E-state index contributed by atoms with van der Waals surface area (Å²) in [7, 11) is 0. The number of carbonyl (C=O) groups is 2. The second-order valence-corrected chi connectivity index (χ2v) is 3.55. The molecule has 1 rings (SSSR count). The van der Waals surface area contributed by atoms with Crippen molar-refractivity contribution in [1.29, 1.82) is 0 Å². The van der Waals surface area contributed by atoms with Crippen LogP contribution in [0.2, 0.25) is 0 Å². The molecule has 3 N–H and O–H groups in total. The zero-order valence-electron chi connectivity index (χ0n) is 8.69. The molecule has 0 aliphatic carbocycles. The van der Waals surface area contributed by atoms with E-state index >= 15 is 0 Å². The molecule has 5 heteroatoms. The van der Waals surface area contributed by atoms with Gasteiger partial charge in [0, 0.05) is 5.56 Å². The molecule has 4 nitrogen and oxygen atoms in total. The third kappa shape index (κ3) is 3.13. The summed E-state index contributed by atoms with van der Waals surface area (Å²) in [4.78, 5) is 22.4. The molecule has 83 valence electrons. The lowest BCUT2D eigenvalue weighted by Crippen LogP contribution is -2.38. The summed E-state index contributed by atoms with van der Waals surface area (Å²) in [5.41, 5.74) is 5.68. The van der Waals surface area contributed by atoms with Crippen molar-refractivity contribution >= 4 is 29.0 Å². The first-order valence-corrected chi connectivity index (χ1v) is 4.97. The van der Waals surface area contributed by atoms with Gasteiger partial charge in [0.05, 0.1) is 0 Å². The van der Waals surface area contributed by atoms with Gasteiger partial charge in [-0.25, -0.2) is 0 Å². The number of benzene rings is 1. The average Bonchev–Trinajstić information content (AvgIpc) is 2.28. The first kappa shape index (κ1) is 12.3. The minimum atomic E-state index is -0.756. The molecule has 0 atom stereocenters. The monoisotopic (exact) mass is 235 g/mol. The molecule has 0 spiro atoms. The average molecular weight is 235 g/mol. The number of amides is 2. The lowest BCUT2D eigenvalue weighted by molar-refractivity contribution is -0.124. The Morgan fingerprint density at radius 1 is 1.25 bits per heavy atom. The molecule has 2 amide bonds. The Balaban J connectivity index is 2.66. The second-order valence-electron chi connectivity index (χ2n) is 3.14. The number of hydrogen-bond acceptors (Lipinski definition) is 3. The first-order valence-electron chi connectivity index (χ1n) is 4.56. The Labute approximate surface area is 98.8 Å². The van der Waals surface area contributed by atoms with E-state index in [9.17, 15) is 9.59 Å². The van der Waals surface area contributed by atoms with Crippen LogP contribution in [0.5, 0.6) is 0 Å². The number of thiocarbonyl (C=S) groups is 1. The summed E-state index contributed by atoms with van der Waals surface area (Å²) in [6, 6.07) is 8.98. The van der Waals surface area contributed by atoms with E-state index in [1.165, 1.54) is 6.92 Å². The van der Waals surface area contributed by atoms with Crippen LogP contribution < -0.4 is 11.1 Å².